The van der Waals surface area contributed by atoms with E-state index in [2.05, 4.69) is 50.4 Å². The van der Waals surface area contributed by atoms with Crippen molar-refractivity contribution in [1.29, 1.82) is 0 Å². The van der Waals surface area contributed by atoms with Crippen LogP contribution in [0.15, 0.2) is 24.3 Å². The van der Waals surface area contributed by atoms with Crippen LogP contribution in [0, 0.1) is 20.8 Å². The minimum absolute atomic E-state index is 0.250. The van der Waals surface area contributed by atoms with Crippen LogP contribution in [0.25, 0.3) is 0 Å². The number of thiophene rings is 1. The molecule has 0 fully saturated rings. The highest BCUT2D eigenvalue weighted by Gasteiger charge is 2.16. The lowest BCUT2D eigenvalue weighted by molar-refractivity contribution is 0.699. The topological polar surface area (TPSA) is 12.0 Å². The summed E-state index contributed by atoms with van der Waals surface area (Å²) in [5.41, 5.74) is 3.67. The fourth-order valence-electron chi connectivity index (χ4n) is 2.17. The van der Waals surface area contributed by atoms with Gasteiger partial charge in [0.05, 0.1) is 6.04 Å². The van der Waals surface area contributed by atoms with E-state index in [0.29, 0.717) is 0 Å². The largest absolute Gasteiger partial charge is 0.309 e. The smallest absolute Gasteiger partial charge is 0.0671 e. The van der Waals surface area contributed by atoms with Gasteiger partial charge >= 0.3 is 0 Å². The number of hydrogen-bond donors (Lipinski definition) is 1. The van der Waals surface area contributed by atoms with E-state index in [1.54, 1.807) is 0 Å². The van der Waals surface area contributed by atoms with E-state index in [1.807, 2.05) is 18.4 Å². The molecule has 96 valence electrons. The van der Waals surface area contributed by atoms with Crippen LogP contribution in [0.3, 0.4) is 0 Å². The van der Waals surface area contributed by atoms with Gasteiger partial charge in [-0.15, -0.1) is 11.3 Å². The third-order valence-corrected chi connectivity index (χ3v) is 4.67. The molecule has 1 unspecified atom stereocenters. The fraction of sp³-hybridized carbons (Fsp3) is 0.333. The van der Waals surface area contributed by atoms with Crippen LogP contribution in [-0.2, 0) is 0 Å². The van der Waals surface area contributed by atoms with Crippen molar-refractivity contribution < 1.29 is 0 Å². The first kappa shape index (κ1) is 13.6. The van der Waals surface area contributed by atoms with Crippen LogP contribution in [-0.4, -0.2) is 7.05 Å². The molecule has 0 aliphatic rings. The van der Waals surface area contributed by atoms with Crippen molar-refractivity contribution in [2.75, 3.05) is 7.05 Å². The summed E-state index contributed by atoms with van der Waals surface area (Å²) in [6.45, 7) is 6.31. The second-order valence-electron chi connectivity index (χ2n) is 4.63. The summed E-state index contributed by atoms with van der Waals surface area (Å²) in [6.07, 6.45) is 0. The first-order chi connectivity index (χ1) is 8.52. The standard InChI is InChI=1S/C15H18ClNS/c1-9-8-13(16)10(2)7-12(9)15(17-4)14-6-5-11(3)18-14/h5-8,15,17H,1-4H3. The van der Waals surface area contributed by atoms with Gasteiger partial charge in [-0.2, -0.15) is 0 Å². The van der Waals surface area contributed by atoms with Gasteiger partial charge in [-0.05, 0) is 62.7 Å². The number of nitrogens with one attached hydrogen (secondary N) is 1. The second-order valence-corrected chi connectivity index (χ2v) is 6.35. The Morgan fingerprint density at radius 1 is 1.11 bits per heavy atom. The molecule has 1 aromatic heterocycles. The van der Waals surface area contributed by atoms with Gasteiger partial charge in [0, 0.05) is 14.8 Å². The Labute approximate surface area is 118 Å². The molecule has 0 spiro atoms. The molecule has 3 heteroatoms. The third kappa shape index (κ3) is 2.61. The summed E-state index contributed by atoms with van der Waals surface area (Å²) >= 11 is 8.00. The number of aryl methyl sites for hydroxylation is 3. The SMILES string of the molecule is CNC(c1ccc(C)s1)c1cc(C)c(Cl)cc1C. The second kappa shape index (κ2) is 5.43. The van der Waals surface area contributed by atoms with E-state index >= 15 is 0 Å². The summed E-state index contributed by atoms with van der Waals surface area (Å²) in [4.78, 5) is 2.69. The molecule has 0 aliphatic carbocycles. The average molecular weight is 280 g/mol. The summed E-state index contributed by atoms with van der Waals surface area (Å²) in [5.74, 6) is 0. The van der Waals surface area contributed by atoms with Crippen molar-refractivity contribution in [1.82, 2.24) is 5.32 Å². The van der Waals surface area contributed by atoms with Crippen molar-refractivity contribution >= 4 is 22.9 Å². The predicted molar refractivity (Wildman–Crippen MR) is 80.9 cm³/mol. The lowest BCUT2D eigenvalue weighted by atomic mass is 9.98. The lowest BCUT2D eigenvalue weighted by Crippen LogP contribution is -2.17. The van der Waals surface area contributed by atoms with Gasteiger partial charge in [0.25, 0.3) is 0 Å². The van der Waals surface area contributed by atoms with Gasteiger partial charge in [-0.1, -0.05) is 17.7 Å². The Bertz CT molecular complexity index is 560. The van der Waals surface area contributed by atoms with Crippen LogP contribution < -0.4 is 5.32 Å². The van der Waals surface area contributed by atoms with Crippen LogP contribution in [0.2, 0.25) is 5.02 Å². The summed E-state index contributed by atoms with van der Waals surface area (Å²) in [6, 6.07) is 8.86. The minimum atomic E-state index is 0.250. The van der Waals surface area contributed by atoms with Gasteiger partial charge in [-0.25, -0.2) is 0 Å². The molecule has 0 aliphatic heterocycles. The molecule has 1 atom stereocenters. The van der Waals surface area contributed by atoms with Crippen molar-refractivity contribution in [3.63, 3.8) is 0 Å². The Morgan fingerprint density at radius 3 is 2.39 bits per heavy atom. The first-order valence-electron chi connectivity index (χ1n) is 6.03. The van der Waals surface area contributed by atoms with Crippen LogP contribution in [0.5, 0.6) is 0 Å². The molecule has 1 N–H and O–H groups in total. The quantitative estimate of drug-likeness (QED) is 0.863. The Morgan fingerprint density at radius 2 is 1.83 bits per heavy atom. The maximum absolute atomic E-state index is 6.17. The third-order valence-electron chi connectivity index (χ3n) is 3.19. The molecule has 0 saturated heterocycles. The Kier molecular flexibility index (Phi) is 4.10. The summed E-state index contributed by atoms with van der Waals surface area (Å²) in [7, 11) is 2.00. The number of halogens is 1. The van der Waals surface area contributed by atoms with Gasteiger partial charge < -0.3 is 5.32 Å². The maximum Gasteiger partial charge on any atom is 0.0671 e. The molecule has 18 heavy (non-hydrogen) atoms. The number of benzene rings is 1. The monoisotopic (exact) mass is 279 g/mol. The summed E-state index contributed by atoms with van der Waals surface area (Å²) < 4.78 is 0. The fourth-order valence-corrected chi connectivity index (χ4v) is 3.40. The average Bonchev–Trinajstić information content (AvgIpc) is 2.73. The molecule has 0 bridgehead atoms. The van der Waals surface area contributed by atoms with Crippen molar-refractivity contribution in [3.8, 4) is 0 Å². The van der Waals surface area contributed by atoms with Crippen molar-refractivity contribution in [2.45, 2.75) is 26.8 Å². The molecule has 0 saturated carbocycles. The Hall–Kier alpha value is -0.830. The normalized spacial score (nSPS) is 12.7. The van der Waals surface area contributed by atoms with E-state index in [9.17, 15) is 0 Å². The molecule has 1 nitrogen and oxygen atoms in total. The number of hydrogen-bond acceptors (Lipinski definition) is 2. The molecular formula is C15H18ClNS. The highest BCUT2D eigenvalue weighted by molar-refractivity contribution is 7.12. The zero-order chi connectivity index (χ0) is 13.3. The van der Waals surface area contributed by atoms with Gasteiger partial charge in [-0.3, -0.25) is 0 Å². The van der Waals surface area contributed by atoms with E-state index in [1.165, 1.54) is 20.9 Å². The van der Waals surface area contributed by atoms with Crippen molar-refractivity contribution in [2.24, 2.45) is 0 Å². The molecular weight excluding hydrogens is 262 g/mol. The van der Waals surface area contributed by atoms with E-state index in [-0.39, 0.29) is 6.04 Å². The first-order valence-corrected chi connectivity index (χ1v) is 7.22. The highest BCUT2D eigenvalue weighted by atomic mass is 35.5. The maximum atomic E-state index is 6.17. The van der Waals surface area contributed by atoms with E-state index in [0.717, 1.165) is 10.6 Å². The van der Waals surface area contributed by atoms with Crippen LogP contribution >= 0.6 is 22.9 Å². The number of rotatable bonds is 3. The molecule has 1 heterocycles. The molecule has 0 radical (unpaired) electrons. The van der Waals surface area contributed by atoms with Crippen molar-refractivity contribution in [3.05, 3.63) is 55.7 Å². The minimum Gasteiger partial charge on any atom is -0.309 e. The zero-order valence-electron chi connectivity index (χ0n) is 11.2. The zero-order valence-corrected chi connectivity index (χ0v) is 12.7. The van der Waals surface area contributed by atoms with Crippen LogP contribution in [0.4, 0.5) is 0 Å². The van der Waals surface area contributed by atoms with Gasteiger partial charge in [0.15, 0.2) is 0 Å². The van der Waals surface area contributed by atoms with E-state index < -0.39 is 0 Å². The van der Waals surface area contributed by atoms with Crippen LogP contribution in [0.1, 0.15) is 32.5 Å². The molecule has 0 amide bonds. The van der Waals surface area contributed by atoms with E-state index in [4.69, 9.17) is 11.6 Å². The highest BCUT2D eigenvalue weighted by Crippen LogP contribution is 2.32. The predicted octanol–water partition coefficient (Wildman–Crippen LogP) is 4.64. The van der Waals surface area contributed by atoms with Gasteiger partial charge in [0.1, 0.15) is 0 Å². The molecule has 1 aromatic carbocycles. The lowest BCUT2D eigenvalue weighted by Gasteiger charge is -2.19. The molecule has 2 rings (SSSR count). The molecule has 2 aromatic rings. The Balaban J connectivity index is 2.48. The summed E-state index contributed by atoms with van der Waals surface area (Å²) in [5, 5.41) is 4.24. The van der Waals surface area contributed by atoms with Gasteiger partial charge in [0.2, 0.25) is 0 Å².